The van der Waals surface area contributed by atoms with Crippen LogP contribution in [0.25, 0.3) is 11.3 Å². The van der Waals surface area contributed by atoms with Gasteiger partial charge in [0.2, 0.25) is 5.95 Å². The average Bonchev–Trinajstić information content (AvgIpc) is 2.25. The number of rotatable bonds is 2. The second-order valence-electron chi connectivity index (χ2n) is 4.56. The van der Waals surface area contributed by atoms with E-state index < -0.39 is 10.7 Å². The topological polar surface area (TPSA) is 94.9 Å². The van der Waals surface area contributed by atoms with Crippen molar-refractivity contribution in [3.63, 3.8) is 0 Å². The normalized spacial score (nSPS) is 10.6. The number of aryl methyl sites for hydroxylation is 3. The molecular formula is C13H13FN4O2. The van der Waals surface area contributed by atoms with Gasteiger partial charge in [-0.1, -0.05) is 6.07 Å². The van der Waals surface area contributed by atoms with Gasteiger partial charge in [0.15, 0.2) is 5.69 Å². The fourth-order valence-electron chi connectivity index (χ4n) is 2.20. The van der Waals surface area contributed by atoms with Gasteiger partial charge in [0.05, 0.1) is 4.92 Å². The van der Waals surface area contributed by atoms with Crippen LogP contribution < -0.4 is 5.73 Å². The second kappa shape index (κ2) is 4.84. The lowest BCUT2D eigenvalue weighted by molar-refractivity contribution is -0.385. The first-order chi connectivity index (χ1) is 9.31. The Labute approximate surface area is 114 Å². The Morgan fingerprint density at radius 2 is 1.90 bits per heavy atom. The number of hydrogen-bond donors (Lipinski definition) is 1. The van der Waals surface area contributed by atoms with Crippen LogP contribution in [-0.4, -0.2) is 14.9 Å². The highest BCUT2D eigenvalue weighted by Gasteiger charge is 2.26. The average molecular weight is 276 g/mol. The standard InChI is InChI=1S/C13H13FN4O2/c1-6-4-7(2)10(9(14)5-6)11-12(18(19)20)8(3)16-13(15)17-11/h4-5H,1-3H3,(H2,15,16,17). The first kappa shape index (κ1) is 13.9. The molecule has 0 saturated carbocycles. The minimum absolute atomic E-state index is 0.0829. The van der Waals surface area contributed by atoms with E-state index in [1.165, 1.54) is 13.0 Å². The van der Waals surface area contributed by atoms with Crippen LogP contribution in [0.3, 0.4) is 0 Å². The van der Waals surface area contributed by atoms with Gasteiger partial charge in [-0.3, -0.25) is 10.1 Å². The number of nitrogens with zero attached hydrogens (tertiary/aromatic N) is 3. The molecular weight excluding hydrogens is 263 g/mol. The molecule has 6 nitrogen and oxygen atoms in total. The van der Waals surface area contributed by atoms with E-state index in [4.69, 9.17) is 5.73 Å². The molecule has 0 amide bonds. The molecule has 0 bridgehead atoms. The summed E-state index contributed by atoms with van der Waals surface area (Å²) in [6, 6.07) is 3.04. The van der Waals surface area contributed by atoms with Crippen LogP contribution in [-0.2, 0) is 0 Å². The minimum atomic E-state index is -0.622. The quantitative estimate of drug-likeness (QED) is 0.672. The third-order valence-corrected chi connectivity index (χ3v) is 2.93. The minimum Gasteiger partial charge on any atom is -0.368 e. The molecule has 104 valence electrons. The van der Waals surface area contributed by atoms with Crippen molar-refractivity contribution >= 4 is 11.6 Å². The van der Waals surface area contributed by atoms with Crippen molar-refractivity contribution in [2.75, 3.05) is 5.73 Å². The molecule has 1 heterocycles. The molecule has 0 atom stereocenters. The lowest BCUT2D eigenvalue weighted by Crippen LogP contribution is -2.06. The number of nitro groups is 1. The van der Waals surface area contributed by atoms with E-state index in [2.05, 4.69) is 9.97 Å². The molecule has 0 fully saturated rings. The number of benzene rings is 1. The molecule has 20 heavy (non-hydrogen) atoms. The zero-order valence-corrected chi connectivity index (χ0v) is 11.3. The van der Waals surface area contributed by atoms with Crippen LogP contribution in [0.15, 0.2) is 12.1 Å². The molecule has 1 aromatic carbocycles. The van der Waals surface area contributed by atoms with Crippen LogP contribution in [0.1, 0.15) is 16.8 Å². The summed E-state index contributed by atoms with van der Waals surface area (Å²) in [5.74, 6) is -0.689. The molecule has 0 spiro atoms. The number of anilines is 1. The van der Waals surface area contributed by atoms with Crippen LogP contribution in [0.4, 0.5) is 16.0 Å². The van der Waals surface area contributed by atoms with Crippen molar-refractivity contribution < 1.29 is 9.31 Å². The van der Waals surface area contributed by atoms with Gasteiger partial charge < -0.3 is 5.73 Å². The molecule has 0 aliphatic rings. The van der Waals surface area contributed by atoms with Gasteiger partial charge in [-0.15, -0.1) is 0 Å². The van der Waals surface area contributed by atoms with Crippen molar-refractivity contribution in [1.29, 1.82) is 0 Å². The Kier molecular flexibility index (Phi) is 3.35. The molecule has 7 heteroatoms. The smallest absolute Gasteiger partial charge is 0.316 e. The molecule has 0 aliphatic heterocycles. The van der Waals surface area contributed by atoms with E-state index in [9.17, 15) is 14.5 Å². The zero-order chi connectivity index (χ0) is 15.0. The van der Waals surface area contributed by atoms with E-state index in [0.717, 1.165) is 5.56 Å². The summed E-state index contributed by atoms with van der Waals surface area (Å²) in [6.45, 7) is 4.86. The summed E-state index contributed by atoms with van der Waals surface area (Å²) < 4.78 is 14.2. The van der Waals surface area contributed by atoms with Gasteiger partial charge in [-0.2, -0.15) is 0 Å². The Morgan fingerprint density at radius 3 is 2.45 bits per heavy atom. The van der Waals surface area contributed by atoms with Crippen LogP contribution in [0, 0.1) is 36.7 Å². The molecule has 1 aromatic heterocycles. The van der Waals surface area contributed by atoms with Gasteiger partial charge in [-0.05, 0) is 38.0 Å². The fraction of sp³-hybridized carbons (Fsp3) is 0.231. The first-order valence-electron chi connectivity index (χ1n) is 5.87. The third-order valence-electron chi connectivity index (χ3n) is 2.93. The van der Waals surface area contributed by atoms with E-state index >= 15 is 0 Å². The van der Waals surface area contributed by atoms with Crippen LogP contribution in [0.2, 0.25) is 0 Å². The lowest BCUT2D eigenvalue weighted by Gasteiger charge is -2.10. The van der Waals surface area contributed by atoms with Gasteiger partial charge in [0.25, 0.3) is 0 Å². The molecule has 2 aromatic rings. The summed E-state index contributed by atoms with van der Waals surface area (Å²) in [5.41, 5.74) is 6.59. The highest BCUT2D eigenvalue weighted by Crippen LogP contribution is 2.34. The van der Waals surface area contributed by atoms with Crippen molar-refractivity contribution in [2.24, 2.45) is 0 Å². The maximum absolute atomic E-state index is 14.2. The Morgan fingerprint density at radius 1 is 1.25 bits per heavy atom. The lowest BCUT2D eigenvalue weighted by atomic mass is 10.0. The number of nitrogen functional groups attached to an aromatic ring is 1. The molecule has 0 saturated heterocycles. The van der Waals surface area contributed by atoms with Gasteiger partial charge >= 0.3 is 5.69 Å². The third kappa shape index (κ3) is 2.29. The van der Waals surface area contributed by atoms with Crippen molar-refractivity contribution in [1.82, 2.24) is 9.97 Å². The molecule has 0 unspecified atom stereocenters. The molecule has 2 N–H and O–H groups in total. The summed E-state index contributed by atoms with van der Waals surface area (Å²) in [7, 11) is 0. The highest BCUT2D eigenvalue weighted by atomic mass is 19.1. The Bertz CT molecular complexity index is 693. The van der Waals surface area contributed by atoms with Gasteiger partial charge in [-0.25, -0.2) is 14.4 Å². The number of halogens is 1. The monoisotopic (exact) mass is 276 g/mol. The van der Waals surface area contributed by atoms with Crippen LogP contribution >= 0.6 is 0 Å². The Hall–Kier alpha value is -2.57. The van der Waals surface area contributed by atoms with E-state index in [-0.39, 0.29) is 28.6 Å². The zero-order valence-electron chi connectivity index (χ0n) is 11.3. The molecule has 2 rings (SSSR count). The van der Waals surface area contributed by atoms with E-state index in [1.807, 2.05) is 0 Å². The SMILES string of the molecule is Cc1cc(C)c(-c2nc(N)nc(C)c2[N+](=O)[O-])c(F)c1. The van der Waals surface area contributed by atoms with Gasteiger partial charge in [0.1, 0.15) is 11.5 Å². The maximum atomic E-state index is 14.2. The largest absolute Gasteiger partial charge is 0.368 e. The van der Waals surface area contributed by atoms with Crippen molar-refractivity contribution in [2.45, 2.75) is 20.8 Å². The van der Waals surface area contributed by atoms with Crippen LogP contribution in [0.5, 0.6) is 0 Å². The number of nitrogens with two attached hydrogens (primary N) is 1. The summed E-state index contributed by atoms with van der Waals surface area (Å²) in [5, 5.41) is 11.2. The molecule has 0 radical (unpaired) electrons. The summed E-state index contributed by atoms with van der Waals surface area (Å²) >= 11 is 0. The maximum Gasteiger partial charge on any atom is 0.316 e. The number of hydrogen-bond acceptors (Lipinski definition) is 5. The highest BCUT2D eigenvalue weighted by molar-refractivity contribution is 5.75. The van der Waals surface area contributed by atoms with Gasteiger partial charge in [0, 0.05) is 5.56 Å². The molecule has 0 aliphatic carbocycles. The van der Waals surface area contributed by atoms with Crippen molar-refractivity contribution in [3.05, 3.63) is 44.9 Å². The predicted octanol–water partition coefficient (Wildman–Crippen LogP) is 2.70. The van der Waals surface area contributed by atoms with E-state index in [1.54, 1.807) is 19.9 Å². The predicted molar refractivity (Wildman–Crippen MR) is 72.7 cm³/mol. The fourth-order valence-corrected chi connectivity index (χ4v) is 2.20. The van der Waals surface area contributed by atoms with Crippen molar-refractivity contribution in [3.8, 4) is 11.3 Å². The second-order valence-corrected chi connectivity index (χ2v) is 4.56. The van der Waals surface area contributed by atoms with E-state index in [0.29, 0.717) is 5.56 Å². The Balaban J connectivity index is 2.86. The summed E-state index contributed by atoms with van der Waals surface area (Å²) in [4.78, 5) is 18.2. The first-order valence-corrected chi connectivity index (χ1v) is 5.87. The summed E-state index contributed by atoms with van der Waals surface area (Å²) in [6.07, 6.45) is 0. The number of aromatic nitrogens is 2.